The van der Waals surface area contributed by atoms with Gasteiger partial charge in [-0.15, -0.1) is 0 Å². The third kappa shape index (κ3) is 5.59. The Labute approximate surface area is 180 Å². The monoisotopic (exact) mass is 441 g/mol. The topological polar surface area (TPSA) is 139 Å². The number of nitrogens with one attached hydrogen (secondary N) is 2. The van der Waals surface area contributed by atoms with Gasteiger partial charge in [-0.2, -0.15) is 4.72 Å². The van der Waals surface area contributed by atoms with Crippen molar-refractivity contribution in [2.24, 2.45) is 5.73 Å². The molecule has 1 unspecified atom stereocenters. The van der Waals surface area contributed by atoms with Crippen LogP contribution in [0.4, 0.5) is 10.5 Å². The lowest BCUT2D eigenvalue weighted by Crippen LogP contribution is -2.45. The van der Waals surface area contributed by atoms with Crippen LogP contribution in [0.3, 0.4) is 0 Å². The number of rotatable bonds is 8. The van der Waals surface area contributed by atoms with Crippen LogP contribution in [0.1, 0.15) is 24.8 Å². The predicted octanol–water partition coefficient (Wildman–Crippen LogP) is 3.10. The van der Waals surface area contributed by atoms with Crippen molar-refractivity contribution >= 4 is 27.7 Å². The van der Waals surface area contributed by atoms with Crippen molar-refractivity contribution in [3.8, 4) is 0 Å². The molecule has 0 saturated heterocycles. The Kier molecular flexibility index (Phi) is 6.57. The SMILES string of the molecule is NC(=O)Nc1cccc(S(=O)(=O)NC2(c3ccccc3)C=CC=C(CCC(=O)O)C2)c1. The van der Waals surface area contributed by atoms with Gasteiger partial charge in [0.15, 0.2) is 0 Å². The zero-order valence-corrected chi connectivity index (χ0v) is 17.4. The number of carboxylic acid groups (broad SMARTS) is 1. The van der Waals surface area contributed by atoms with Gasteiger partial charge in [0.2, 0.25) is 10.0 Å². The van der Waals surface area contributed by atoms with Gasteiger partial charge < -0.3 is 16.2 Å². The van der Waals surface area contributed by atoms with Crippen LogP contribution in [-0.2, 0) is 20.4 Å². The number of hydrogen-bond acceptors (Lipinski definition) is 4. The second kappa shape index (κ2) is 9.15. The number of carboxylic acids is 1. The van der Waals surface area contributed by atoms with Crippen molar-refractivity contribution in [2.45, 2.75) is 29.7 Å². The highest BCUT2D eigenvalue weighted by atomic mass is 32.2. The van der Waals surface area contributed by atoms with E-state index in [4.69, 9.17) is 10.8 Å². The van der Waals surface area contributed by atoms with Crippen molar-refractivity contribution in [1.82, 2.24) is 4.72 Å². The minimum absolute atomic E-state index is 0.0379. The van der Waals surface area contributed by atoms with E-state index in [1.54, 1.807) is 12.2 Å². The third-order valence-electron chi connectivity index (χ3n) is 4.90. The van der Waals surface area contributed by atoms with E-state index in [9.17, 15) is 18.0 Å². The van der Waals surface area contributed by atoms with Crippen LogP contribution < -0.4 is 15.8 Å². The molecule has 162 valence electrons. The molecule has 2 amide bonds. The van der Waals surface area contributed by atoms with Gasteiger partial charge in [0, 0.05) is 12.1 Å². The number of allylic oxidation sites excluding steroid dienone is 2. The predicted molar refractivity (Wildman–Crippen MR) is 117 cm³/mol. The first-order valence-corrected chi connectivity index (χ1v) is 11.0. The summed E-state index contributed by atoms with van der Waals surface area (Å²) < 4.78 is 29.4. The van der Waals surface area contributed by atoms with Crippen LogP contribution >= 0.6 is 0 Å². The van der Waals surface area contributed by atoms with Gasteiger partial charge in [0.05, 0.1) is 10.4 Å². The second-order valence-corrected chi connectivity index (χ2v) is 8.90. The molecule has 5 N–H and O–H groups in total. The lowest BCUT2D eigenvalue weighted by atomic mass is 9.80. The minimum Gasteiger partial charge on any atom is -0.481 e. The second-order valence-electron chi connectivity index (χ2n) is 7.21. The smallest absolute Gasteiger partial charge is 0.316 e. The first kappa shape index (κ1) is 22.3. The van der Waals surface area contributed by atoms with Crippen LogP contribution in [0.5, 0.6) is 0 Å². The third-order valence-corrected chi connectivity index (χ3v) is 6.40. The maximum Gasteiger partial charge on any atom is 0.316 e. The van der Waals surface area contributed by atoms with E-state index in [0.717, 1.165) is 11.1 Å². The molecule has 2 aromatic carbocycles. The first-order valence-electron chi connectivity index (χ1n) is 9.55. The number of hydrogen-bond donors (Lipinski definition) is 4. The van der Waals surface area contributed by atoms with Gasteiger partial charge in [-0.05, 0) is 36.6 Å². The summed E-state index contributed by atoms with van der Waals surface area (Å²) >= 11 is 0. The summed E-state index contributed by atoms with van der Waals surface area (Å²) in [4.78, 5) is 22.1. The van der Waals surface area contributed by atoms with E-state index in [1.165, 1.54) is 24.3 Å². The molecule has 0 heterocycles. The summed E-state index contributed by atoms with van der Waals surface area (Å²) in [5, 5.41) is 11.4. The lowest BCUT2D eigenvalue weighted by Gasteiger charge is -2.35. The first-order chi connectivity index (χ1) is 14.7. The maximum atomic E-state index is 13.3. The van der Waals surface area contributed by atoms with E-state index in [2.05, 4.69) is 10.0 Å². The highest BCUT2D eigenvalue weighted by Gasteiger charge is 2.36. The quantitative estimate of drug-likeness (QED) is 0.499. The molecule has 9 heteroatoms. The van der Waals surface area contributed by atoms with Crippen LogP contribution in [-0.4, -0.2) is 25.5 Å². The van der Waals surface area contributed by atoms with E-state index in [1.807, 2.05) is 36.4 Å². The Bertz CT molecular complexity index is 1140. The van der Waals surface area contributed by atoms with Gasteiger partial charge in [-0.3, -0.25) is 4.79 Å². The molecule has 0 fully saturated rings. The number of primary amides is 1. The van der Waals surface area contributed by atoms with Gasteiger partial charge in [0.1, 0.15) is 0 Å². The Hall–Kier alpha value is -3.43. The summed E-state index contributed by atoms with van der Waals surface area (Å²) in [6.45, 7) is 0. The fraction of sp³-hybridized carbons (Fsp3) is 0.182. The Morgan fingerprint density at radius 3 is 2.52 bits per heavy atom. The van der Waals surface area contributed by atoms with Crippen LogP contribution in [0, 0.1) is 0 Å². The molecule has 1 aliphatic carbocycles. The van der Waals surface area contributed by atoms with Crippen LogP contribution in [0.2, 0.25) is 0 Å². The number of carbonyl (C=O) groups excluding carboxylic acids is 1. The van der Waals surface area contributed by atoms with E-state index in [-0.39, 0.29) is 17.0 Å². The fourth-order valence-electron chi connectivity index (χ4n) is 3.51. The minimum atomic E-state index is -4.02. The summed E-state index contributed by atoms with van der Waals surface area (Å²) in [5.74, 6) is -0.917. The van der Waals surface area contributed by atoms with Crippen LogP contribution in [0.15, 0.2) is 83.3 Å². The van der Waals surface area contributed by atoms with Crippen molar-refractivity contribution < 1.29 is 23.1 Å². The van der Waals surface area contributed by atoms with E-state index < -0.39 is 27.6 Å². The number of benzene rings is 2. The van der Waals surface area contributed by atoms with E-state index in [0.29, 0.717) is 12.8 Å². The van der Waals surface area contributed by atoms with Crippen molar-refractivity contribution in [2.75, 3.05) is 5.32 Å². The standard InChI is InChI=1S/C22H23N3O5S/c23-21(28)24-18-9-4-10-19(14-18)31(29,30)25-22(17-7-2-1-3-8-17)13-5-6-16(15-22)11-12-20(26)27/h1-10,13-14,25H,11-12,15H2,(H,26,27)(H3,23,24,28). The number of sulfonamides is 1. The molecule has 1 aliphatic rings. The Morgan fingerprint density at radius 1 is 1.10 bits per heavy atom. The summed E-state index contributed by atoms with van der Waals surface area (Å²) in [7, 11) is -4.02. The van der Waals surface area contributed by atoms with Crippen molar-refractivity contribution in [1.29, 1.82) is 0 Å². The zero-order valence-electron chi connectivity index (χ0n) is 16.6. The maximum absolute atomic E-state index is 13.3. The highest BCUT2D eigenvalue weighted by molar-refractivity contribution is 7.89. The molecule has 31 heavy (non-hydrogen) atoms. The molecule has 8 nitrogen and oxygen atoms in total. The van der Waals surface area contributed by atoms with Crippen molar-refractivity contribution in [3.63, 3.8) is 0 Å². The highest BCUT2D eigenvalue weighted by Crippen LogP contribution is 2.36. The van der Waals surface area contributed by atoms with Gasteiger partial charge in [0.25, 0.3) is 0 Å². The number of urea groups is 1. The molecule has 0 aromatic heterocycles. The van der Waals surface area contributed by atoms with Crippen LogP contribution in [0.25, 0.3) is 0 Å². The lowest BCUT2D eigenvalue weighted by molar-refractivity contribution is -0.136. The number of anilines is 1. The molecular formula is C22H23N3O5S. The number of carbonyl (C=O) groups is 2. The Balaban J connectivity index is 1.97. The normalized spacial score (nSPS) is 18.3. The molecule has 0 spiro atoms. The number of aliphatic carboxylic acids is 1. The molecule has 0 saturated carbocycles. The number of amides is 2. The van der Waals surface area contributed by atoms with Gasteiger partial charge >= 0.3 is 12.0 Å². The molecular weight excluding hydrogens is 418 g/mol. The molecule has 2 aromatic rings. The zero-order chi connectivity index (χ0) is 22.5. The Morgan fingerprint density at radius 2 is 1.84 bits per heavy atom. The fourth-order valence-corrected chi connectivity index (χ4v) is 4.90. The molecule has 3 rings (SSSR count). The van der Waals surface area contributed by atoms with Gasteiger partial charge in [-0.1, -0.05) is 60.2 Å². The van der Waals surface area contributed by atoms with E-state index >= 15 is 0 Å². The molecule has 0 aliphatic heterocycles. The molecule has 0 radical (unpaired) electrons. The largest absolute Gasteiger partial charge is 0.481 e. The number of nitrogens with two attached hydrogens (primary N) is 1. The van der Waals surface area contributed by atoms with Gasteiger partial charge in [-0.25, -0.2) is 13.2 Å². The molecule has 1 atom stereocenters. The summed E-state index contributed by atoms with van der Waals surface area (Å²) in [5.41, 5.74) is 5.83. The average molecular weight is 442 g/mol. The van der Waals surface area contributed by atoms with Crippen molar-refractivity contribution in [3.05, 3.63) is 84.0 Å². The summed E-state index contributed by atoms with van der Waals surface area (Å²) in [6, 6.07) is 14.1. The summed E-state index contributed by atoms with van der Waals surface area (Å²) in [6.07, 6.45) is 5.87. The average Bonchev–Trinajstić information content (AvgIpc) is 2.72. The molecule has 0 bridgehead atoms.